The van der Waals surface area contributed by atoms with Gasteiger partial charge in [-0.2, -0.15) is 0 Å². The number of rotatable bonds is 1. The third-order valence-electron chi connectivity index (χ3n) is 2.08. The maximum atomic E-state index is 11.9. The summed E-state index contributed by atoms with van der Waals surface area (Å²) in [5.74, 6) is 0. The van der Waals surface area contributed by atoms with Gasteiger partial charge in [0, 0.05) is 7.05 Å². The summed E-state index contributed by atoms with van der Waals surface area (Å²) >= 11 is 3.29. The van der Waals surface area contributed by atoms with Gasteiger partial charge in [-0.25, -0.2) is 9.78 Å². The Kier molecular flexibility index (Phi) is 4.14. The number of hydrogen-bond donors (Lipinski definition) is 0. The molecule has 1 aromatic heterocycles. The number of anilines is 1. The molecule has 0 N–H and O–H groups in total. The van der Waals surface area contributed by atoms with Crippen LogP contribution in [0.25, 0.3) is 0 Å². The lowest BCUT2D eigenvalue weighted by Crippen LogP contribution is -2.34. The fraction of sp³-hybridized carbons (Fsp3) is 0.500. The van der Waals surface area contributed by atoms with Gasteiger partial charge >= 0.3 is 6.09 Å². The molecule has 0 aliphatic carbocycles. The molecule has 0 radical (unpaired) electrons. The molecule has 1 rings (SSSR count). The first-order chi connectivity index (χ1) is 7.70. The number of amides is 1. The van der Waals surface area contributed by atoms with Crippen molar-refractivity contribution < 1.29 is 9.53 Å². The van der Waals surface area contributed by atoms with Crippen LogP contribution in [-0.2, 0) is 4.74 Å². The van der Waals surface area contributed by atoms with Crippen molar-refractivity contribution in [2.45, 2.75) is 33.3 Å². The lowest BCUT2D eigenvalue weighted by Gasteiger charge is -2.25. The van der Waals surface area contributed by atoms with Crippen LogP contribution in [-0.4, -0.2) is 23.7 Å². The summed E-state index contributed by atoms with van der Waals surface area (Å²) < 4.78 is 6.03. The van der Waals surface area contributed by atoms with Crippen molar-refractivity contribution in [3.8, 4) is 0 Å². The van der Waals surface area contributed by atoms with Crippen molar-refractivity contribution in [3.63, 3.8) is 0 Å². The van der Waals surface area contributed by atoms with Gasteiger partial charge in [0.2, 0.25) is 0 Å². The molecule has 0 spiro atoms. The van der Waals surface area contributed by atoms with Gasteiger partial charge in [-0.1, -0.05) is 0 Å². The minimum Gasteiger partial charge on any atom is -0.443 e. The Bertz CT molecular complexity index is 427. The number of halogens is 1. The average Bonchev–Trinajstić information content (AvgIpc) is 2.14. The minimum absolute atomic E-state index is 0.385. The monoisotopic (exact) mass is 300 g/mol. The number of hydrogen-bond acceptors (Lipinski definition) is 3. The third kappa shape index (κ3) is 4.00. The molecule has 0 unspecified atom stereocenters. The molecule has 1 amide bonds. The molecule has 0 saturated heterocycles. The Morgan fingerprint density at radius 1 is 1.47 bits per heavy atom. The van der Waals surface area contributed by atoms with Crippen LogP contribution >= 0.6 is 15.9 Å². The van der Waals surface area contributed by atoms with Crippen LogP contribution in [0.2, 0.25) is 0 Å². The lowest BCUT2D eigenvalue weighted by molar-refractivity contribution is 0.0589. The zero-order valence-electron chi connectivity index (χ0n) is 10.7. The van der Waals surface area contributed by atoms with E-state index >= 15 is 0 Å². The molecule has 0 aromatic carbocycles. The highest BCUT2D eigenvalue weighted by Gasteiger charge is 2.21. The highest BCUT2D eigenvalue weighted by Crippen LogP contribution is 2.22. The van der Waals surface area contributed by atoms with Crippen molar-refractivity contribution in [3.05, 3.63) is 22.4 Å². The smallest absolute Gasteiger partial charge is 0.414 e. The average molecular weight is 301 g/mol. The number of nitrogens with zero attached hydrogens (tertiary/aromatic N) is 2. The normalized spacial score (nSPS) is 11.2. The first kappa shape index (κ1) is 14.0. The van der Waals surface area contributed by atoms with E-state index in [9.17, 15) is 4.79 Å². The van der Waals surface area contributed by atoms with E-state index < -0.39 is 5.60 Å². The number of carbonyl (C=O) groups is 1. The molecule has 5 heteroatoms. The number of ether oxygens (including phenoxy) is 1. The van der Waals surface area contributed by atoms with Crippen molar-refractivity contribution in [2.24, 2.45) is 0 Å². The Morgan fingerprint density at radius 2 is 2.06 bits per heavy atom. The Balaban J connectivity index is 2.89. The SMILES string of the molecule is Cc1cc(Br)ncc1N(C)C(=O)OC(C)(C)C. The predicted molar refractivity (Wildman–Crippen MR) is 71.3 cm³/mol. The molecule has 1 aromatic rings. The molecule has 94 valence electrons. The molecule has 4 nitrogen and oxygen atoms in total. The molecule has 1 heterocycles. The van der Waals surface area contributed by atoms with Gasteiger partial charge in [-0.15, -0.1) is 0 Å². The van der Waals surface area contributed by atoms with Gasteiger partial charge in [-0.05, 0) is 55.3 Å². The summed E-state index contributed by atoms with van der Waals surface area (Å²) in [6.07, 6.45) is 1.26. The quantitative estimate of drug-likeness (QED) is 0.745. The fourth-order valence-electron chi connectivity index (χ4n) is 1.29. The number of pyridine rings is 1. The van der Waals surface area contributed by atoms with Crippen molar-refractivity contribution >= 4 is 27.7 Å². The standard InChI is InChI=1S/C12H17BrN2O2/c1-8-6-10(13)14-7-9(8)15(5)11(16)17-12(2,3)4/h6-7H,1-5H3. The van der Waals surface area contributed by atoms with Crippen LogP contribution in [0.1, 0.15) is 26.3 Å². The second-order valence-electron chi connectivity index (χ2n) is 4.83. The topological polar surface area (TPSA) is 42.4 Å². The highest BCUT2D eigenvalue weighted by atomic mass is 79.9. The maximum Gasteiger partial charge on any atom is 0.414 e. The summed E-state index contributed by atoms with van der Waals surface area (Å²) in [6, 6.07) is 1.86. The van der Waals surface area contributed by atoms with Crippen LogP contribution in [0.15, 0.2) is 16.9 Å². The number of carbonyl (C=O) groups excluding carboxylic acids is 1. The van der Waals surface area contributed by atoms with Gasteiger partial charge < -0.3 is 4.74 Å². The second-order valence-corrected chi connectivity index (χ2v) is 5.65. The predicted octanol–water partition coefficient (Wildman–Crippen LogP) is 3.52. The van der Waals surface area contributed by atoms with Crippen LogP contribution in [0.3, 0.4) is 0 Å². The molecular weight excluding hydrogens is 284 g/mol. The highest BCUT2D eigenvalue weighted by molar-refractivity contribution is 9.10. The van der Waals surface area contributed by atoms with Crippen LogP contribution in [0.4, 0.5) is 10.5 Å². The van der Waals surface area contributed by atoms with Crippen LogP contribution < -0.4 is 4.90 Å². The number of aromatic nitrogens is 1. The summed E-state index contributed by atoms with van der Waals surface area (Å²) in [5.41, 5.74) is 1.20. The third-order valence-corrected chi connectivity index (χ3v) is 2.51. The first-order valence-corrected chi connectivity index (χ1v) is 6.09. The Hall–Kier alpha value is -1.10. The molecule has 0 aliphatic rings. The zero-order valence-corrected chi connectivity index (χ0v) is 12.3. The molecular formula is C12H17BrN2O2. The largest absolute Gasteiger partial charge is 0.443 e. The van der Waals surface area contributed by atoms with E-state index in [1.54, 1.807) is 13.2 Å². The minimum atomic E-state index is -0.498. The van der Waals surface area contributed by atoms with Crippen molar-refractivity contribution in [1.82, 2.24) is 4.98 Å². The van der Waals surface area contributed by atoms with Gasteiger partial charge in [0.05, 0.1) is 11.9 Å². The summed E-state index contributed by atoms with van der Waals surface area (Å²) in [7, 11) is 1.67. The Labute approximate surface area is 110 Å². The van der Waals surface area contributed by atoms with E-state index in [-0.39, 0.29) is 6.09 Å². The molecule has 0 atom stereocenters. The van der Waals surface area contributed by atoms with E-state index in [2.05, 4.69) is 20.9 Å². The summed E-state index contributed by atoms with van der Waals surface area (Å²) in [5, 5.41) is 0. The second kappa shape index (κ2) is 5.04. The van der Waals surface area contributed by atoms with E-state index in [1.165, 1.54) is 4.90 Å². The molecule has 0 fully saturated rings. The summed E-state index contributed by atoms with van der Waals surface area (Å²) in [4.78, 5) is 17.4. The van der Waals surface area contributed by atoms with Gasteiger partial charge in [-0.3, -0.25) is 4.90 Å². The molecule has 0 saturated carbocycles. The lowest BCUT2D eigenvalue weighted by atomic mass is 10.2. The van der Waals surface area contributed by atoms with Gasteiger partial charge in [0.1, 0.15) is 10.2 Å². The van der Waals surface area contributed by atoms with E-state index in [4.69, 9.17) is 4.74 Å². The first-order valence-electron chi connectivity index (χ1n) is 5.29. The number of aryl methyl sites for hydroxylation is 1. The Morgan fingerprint density at radius 3 is 2.53 bits per heavy atom. The fourth-order valence-corrected chi connectivity index (χ4v) is 1.74. The molecule has 0 aliphatic heterocycles. The van der Waals surface area contributed by atoms with E-state index in [0.717, 1.165) is 15.9 Å². The van der Waals surface area contributed by atoms with Gasteiger partial charge in [0.25, 0.3) is 0 Å². The van der Waals surface area contributed by atoms with Crippen LogP contribution in [0.5, 0.6) is 0 Å². The van der Waals surface area contributed by atoms with Gasteiger partial charge in [0.15, 0.2) is 0 Å². The molecule has 17 heavy (non-hydrogen) atoms. The summed E-state index contributed by atoms with van der Waals surface area (Å²) in [6.45, 7) is 7.44. The van der Waals surface area contributed by atoms with Crippen molar-refractivity contribution in [2.75, 3.05) is 11.9 Å². The van der Waals surface area contributed by atoms with E-state index in [1.807, 2.05) is 33.8 Å². The van der Waals surface area contributed by atoms with E-state index in [0.29, 0.717) is 0 Å². The maximum absolute atomic E-state index is 11.9. The zero-order chi connectivity index (χ0) is 13.2. The van der Waals surface area contributed by atoms with Crippen molar-refractivity contribution in [1.29, 1.82) is 0 Å². The van der Waals surface area contributed by atoms with Crippen LogP contribution in [0, 0.1) is 6.92 Å². The molecule has 0 bridgehead atoms.